The highest BCUT2D eigenvalue weighted by atomic mass is 16.6. The van der Waals surface area contributed by atoms with E-state index in [-0.39, 0.29) is 18.5 Å². The van der Waals surface area contributed by atoms with Crippen LogP contribution in [0.5, 0.6) is 0 Å². The molecule has 2 rings (SSSR count). The second-order valence-corrected chi connectivity index (χ2v) is 5.20. The maximum Gasteiger partial charge on any atom is 0.410 e. The molecule has 0 aliphatic carbocycles. The quantitative estimate of drug-likeness (QED) is 0.800. The average molecular weight is 291 g/mol. The topological polar surface area (TPSA) is 55.8 Å². The predicted octanol–water partition coefficient (Wildman–Crippen LogP) is 2.60. The molecule has 5 heteroatoms. The van der Waals surface area contributed by atoms with Crippen LogP contribution in [-0.4, -0.2) is 36.2 Å². The largest absolute Gasteiger partial charge is 0.464 e. The summed E-state index contributed by atoms with van der Waals surface area (Å²) in [5.74, 6) is -0.257. The lowest BCUT2D eigenvalue weighted by atomic mass is 10.0. The second-order valence-electron chi connectivity index (χ2n) is 5.20. The number of likely N-dealkylation sites (tertiary alicyclic amines) is 1. The van der Waals surface area contributed by atoms with E-state index in [1.54, 1.807) is 6.92 Å². The number of hydrogen-bond donors (Lipinski definition) is 0. The molecule has 1 saturated heterocycles. The van der Waals surface area contributed by atoms with E-state index in [2.05, 4.69) is 0 Å². The summed E-state index contributed by atoms with van der Waals surface area (Å²) in [5, 5.41) is 0. The number of esters is 1. The highest BCUT2D eigenvalue weighted by Crippen LogP contribution is 2.26. The molecular weight excluding hydrogens is 270 g/mol. The van der Waals surface area contributed by atoms with Crippen LogP contribution >= 0.6 is 0 Å². The minimum absolute atomic E-state index is 0.0910. The fourth-order valence-electron chi connectivity index (χ4n) is 2.54. The van der Waals surface area contributed by atoms with Gasteiger partial charge in [0.2, 0.25) is 0 Å². The molecule has 5 nitrogen and oxygen atoms in total. The van der Waals surface area contributed by atoms with E-state index in [4.69, 9.17) is 9.47 Å². The molecule has 0 radical (unpaired) electrons. The van der Waals surface area contributed by atoms with E-state index in [1.165, 1.54) is 4.90 Å². The Morgan fingerprint density at radius 2 is 1.95 bits per heavy atom. The SMILES string of the molecule is CCOC(=O)[C@H]1[C@H](C)CCN1C(=O)OCc1ccccc1. The zero-order valence-corrected chi connectivity index (χ0v) is 12.5. The molecule has 21 heavy (non-hydrogen) atoms. The van der Waals surface area contributed by atoms with E-state index < -0.39 is 12.1 Å². The lowest BCUT2D eigenvalue weighted by molar-refractivity contribution is -0.149. The number of ether oxygens (including phenoxy) is 2. The first-order valence-corrected chi connectivity index (χ1v) is 7.27. The lowest BCUT2D eigenvalue weighted by Gasteiger charge is -2.24. The molecule has 0 unspecified atom stereocenters. The summed E-state index contributed by atoms with van der Waals surface area (Å²) in [4.78, 5) is 25.6. The Labute approximate surface area is 124 Å². The Morgan fingerprint density at radius 3 is 2.62 bits per heavy atom. The van der Waals surface area contributed by atoms with Gasteiger partial charge in [-0.05, 0) is 24.8 Å². The highest BCUT2D eigenvalue weighted by molar-refractivity contribution is 5.82. The fraction of sp³-hybridized carbons (Fsp3) is 0.500. The number of rotatable bonds is 4. The molecule has 2 atom stereocenters. The highest BCUT2D eigenvalue weighted by Gasteiger charge is 2.41. The number of carbonyl (C=O) groups excluding carboxylic acids is 2. The number of hydrogen-bond acceptors (Lipinski definition) is 4. The van der Waals surface area contributed by atoms with Crippen LogP contribution in [-0.2, 0) is 20.9 Å². The van der Waals surface area contributed by atoms with Gasteiger partial charge in [-0.3, -0.25) is 4.90 Å². The van der Waals surface area contributed by atoms with Crippen molar-refractivity contribution in [2.24, 2.45) is 5.92 Å². The van der Waals surface area contributed by atoms with Gasteiger partial charge in [-0.2, -0.15) is 0 Å². The monoisotopic (exact) mass is 291 g/mol. The molecule has 114 valence electrons. The third-order valence-corrected chi connectivity index (χ3v) is 3.67. The Kier molecular flexibility index (Phi) is 5.20. The van der Waals surface area contributed by atoms with Crippen LogP contribution in [0.2, 0.25) is 0 Å². The van der Waals surface area contributed by atoms with Gasteiger partial charge in [0.25, 0.3) is 0 Å². The van der Waals surface area contributed by atoms with Crippen LogP contribution in [0.15, 0.2) is 30.3 Å². The third-order valence-electron chi connectivity index (χ3n) is 3.67. The van der Waals surface area contributed by atoms with Crippen molar-refractivity contribution >= 4 is 12.1 Å². The predicted molar refractivity (Wildman–Crippen MR) is 77.5 cm³/mol. The van der Waals surface area contributed by atoms with E-state index in [1.807, 2.05) is 37.3 Å². The molecule has 1 aromatic carbocycles. The van der Waals surface area contributed by atoms with Crippen LogP contribution in [0.1, 0.15) is 25.8 Å². The smallest absolute Gasteiger partial charge is 0.410 e. The van der Waals surface area contributed by atoms with Gasteiger partial charge in [0.1, 0.15) is 12.6 Å². The Bertz CT molecular complexity index is 488. The summed E-state index contributed by atoms with van der Waals surface area (Å²) in [6.45, 7) is 4.76. The summed E-state index contributed by atoms with van der Waals surface area (Å²) >= 11 is 0. The van der Waals surface area contributed by atoms with Crippen molar-refractivity contribution in [3.63, 3.8) is 0 Å². The van der Waals surface area contributed by atoms with Crippen molar-refractivity contribution < 1.29 is 19.1 Å². The minimum Gasteiger partial charge on any atom is -0.464 e. The van der Waals surface area contributed by atoms with Crippen molar-refractivity contribution in [2.45, 2.75) is 32.9 Å². The maximum absolute atomic E-state index is 12.2. The van der Waals surface area contributed by atoms with Gasteiger partial charge in [-0.25, -0.2) is 9.59 Å². The van der Waals surface area contributed by atoms with E-state index in [0.717, 1.165) is 12.0 Å². The molecule has 0 saturated carbocycles. The van der Waals surface area contributed by atoms with E-state index >= 15 is 0 Å². The van der Waals surface area contributed by atoms with E-state index in [0.29, 0.717) is 13.2 Å². The van der Waals surface area contributed by atoms with Crippen LogP contribution in [0, 0.1) is 5.92 Å². The van der Waals surface area contributed by atoms with Crippen LogP contribution in [0.3, 0.4) is 0 Å². The van der Waals surface area contributed by atoms with Gasteiger partial charge in [0.15, 0.2) is 0 Å². The van der Waals surface area contributed by atoms with Gasteiger partial charge >= 0.3 is 12.1 Å². The van der Waals surface area contributed by atoms with Crippen molar-refractivity contribution in [1.29, 1.82) is 0 Å². The first kappa shape index (κ1) is 15.4. The first-order chi connectivity index (χ1) is 10.1. The zero-order valence-electron chi connectivity index (χ0n) is 12.5. The summed E-state index contributed by atoms with van der Waals surface area (Å²) in [6, 6.07) is 8.94. The number of carbonyl (C=O) groups is 2. The normalized spacial score (nSPS) is 21.1. The molecule has 1 aromatic rings. The molecule has 0 aromatic heterocycles. The molecule has 0 N–H and O–H groups in total. The molecule has 1 fully saturated rings. The van der Waals surface area contributed by atoms with Gasteiger partial charge in [-0.1, -0.05) is 37.3 Å². The molecule has 0 spiro atoms. The molecule has 0 bridgehead atoms. The number of nitrogens with zero attached hydrogens (tertiary/aromatic N) is 1. The Balaban J connectivity index is 1.95. The van der Waals surface area contributed by atoms with Crippen molar-refractivity contribution in [2.75, 3.05) is 13.2 Å². The molecular formula is C16H21NO4. The van der Waals surface area contributed by atoms with Crippen molar-refractivity contribution in [3.05, 3.63) is 35.9 Å². The Hall–Kier alpha value is -2.04. The summed E-state index contributed by atoms with van der Waals surface area (Å²) in [5.41, 5.74) is 0.922. The second kappa shape index (κ2) is 7.11. The van der Waals surface area contributed by atoms with Crippen LogP contribution in [0.25, 0.3) is 0 Å². The van der Waals surface area contributed by atoms with Crippen molar-refractivity contribution in [3.8, 4) is 0 Å². The maximum atomic E-state index is 12.2. The van der Waals surface area contributed by atoms with Gasteiger partial charge < -0.3 is 9.47 Å². The summed E-state index contributed by atoms with van der Waals surface area (Å²) in [7, 11) is 0. The average Bonchev–Trinajstić information content (AvgIpc) is 2.88. The molecule has 1 amide bonds. The molecule has 1 aliphatic heterocycles. The van der Waals surface area contributed by atoms with E-state index in [9.17, 15) is 9.59 Å². The third kappa shape index (κ3) is 3.74. The fourth-order valence-corrected chi connectivity index (χ4v) is 2.54. The zero-order chi connectivity index (χ0) is 15.2. The standard InChI is InChI=1S/C16H21NO4/c1-3-20-15(18)14-12(2)9-10-17(14)16(19)21-11-13-7-5-4-6-8-13/h4-8,12,14H,3,9-11H2,1-2H3/t12-,14-/m1/s1. The number of amides is 1. The van der Waals surface area contributed by atoms with Crippen LogP contribution < -0.4 is 0 Å². The summed E-state index contributed by atoms with van der Waals surface area (Å²) < 4.78 is 10.3. The van der Waals surface area contributed by atoms with Crippen molar-refractivity contribution in [1.82, 2.24) is 4.90 Å². The number of benzene rings is 1. The summed E-state index contributed by atoms with van der Waals surface area (Å²) in [6.07, 6.45) is 0.324. The van der Waals surface area contributed by atoms with Gasteiger partial charge in [0, 0.05) is 6.54 Å². The van der Waals surface area contributed by atoms with Crippen LogP contribution in [0.4, 0.5) is 4.79 Å². The van der Waals surface area contributed by atoms with Gasteiger partial charge in [-0.15, -0.1) is 0 Å². The first-order valence-electron chi connectivity index (χ1n) is 7.27. The van der Waals surface area contributed by atoms with Gasteiger partial charge in [0.05, 0.1) is 6.61 Å². The lowest BCUT2D eigenvalue weighted by Crippen LogP contribution is -2.44. The Morgan fingerprint density at radius 1 is 1.24 bits per heavy atom. The molecule has 1 heterocycles. The molecule has 1 aliphatic rings. The minimum atomic E-state index is -0.534.